The Bertz CT molecular complexity index is 818. The van der Waals surface area contributed by atoms with E-state index < -0.39 is 5.76 Å². The quantitative estimate of drug-likeness (QED) is 0.578. The van der Waals surface area contributed by atoms with Crippen LogP contribution < -0.4 is 5.43 Å². The Morgan fingerprint density at radius 1 is 1.15 bits per heavy atom. The lowest BCUT2D eigenvalue weighted by Gasteiger charge is -2.16. The molecule has 1 aliphatic heterocycles. The number of amidine groups is 1. The fourth-order valence-electron chi connectivity index (χ4n) is 2.58. The molecule has 2 aromatic carbocycles. The van der Waals surface area contributed by atoms with Gasteiger partial charge in [0.2, 0.25) is 0 Å². The Balaban J connectivity index is 1.64. The summed E-state index contributed by atoms with van der Waals surface area (Å²) in [5.74, 6) is -1.12. The first-order chi connectivity index (χ1) is 13.0. The molecule has 7 heteroatoms. The second-order valence-corrected chi connectivity index (χ2v) is 8.21. The molecule has 142 valence electrons. The molecular formula is C20H21F2N3S2. The summed E-state index contributed by atoms with van der Waals surface area (Å²) in [5, 5.41) is 5.14. The molecule has 0 spiro atoms. The van der Waals surface area contributed by atoms with Crippen LogP contribution >= 0.6 is 23.5 Å². The molecular weight excluding hydrogens is 384 g/mol. The van der Waals surface area contributed by atoms with Gasteiger partial charge in [-0.3, -0.25) is 5.43 Å². The first-order valence-corrected chi connectivity index (χ1v) is 10.6. The average Bonchev–Trinajstić information content (AvgIpc) is 2.69. The smallest absolute Gasteiger partial charge is 0.255 e. The van der Waals surface area contributed by atoms with Gasteiger partial charge in [0.1, 0.15) is 0 Å². The van der Waals surface area contributed by atoms with Crippen molar-refractivity contribution in [2.45, 2.75) is 36.8 Å². The summed E-state index contributed by atoms with van der Waals surface area (Å²) in [6, 6.07) is 15.3. The molecule has 0 amide bonds. The minimum atomic E-state index is -2.41. The van der Waals surface area contributed by atoms with Crippen molar-refractivity contribution in [3.05, 3.63) is 59.7 Å². The van der Waals surface area contributed by atoms with Crippen LogP contribution in [-0.4, -0.2) is 22.4 Å². The van der Waals surface area contributed by atoms with Crippen LogP contribution in [0.5, 0.6) is 0 Å². The van der Waals surface area contributed by atoms with Crippen LogP contribution in [-0.2, 0) is 0 Å². The summed E-state index contributed by atoms with van der Waals surface area (Å²) in [6.45, 7) is 4.42. The van der Waals surface area contributed by atoms with E-state index in [1.54, 1.807) is 36.0 Å². The Hall–Kier alpha value is -1.86. The molecule has 1 N–H and O–H groups in total. The summed E-state index contributed by atoms with van der Waals surface area (Å²) in [5.41, 5.74) is 7.13. The van der Waals surface area contributed by atoms with Gasteiger partial charge in [0.15, 0.2) is 5.17 Å². The fourth-order valence-corrected chi connectivity index (χ4v) is 3.86. The Morgan fingerprint density at radius 3 is 2.41 bits per heavy atom. The third-order valence-corrected chi connectivity index (χ3v) is 5.95. The maximum atomic E-state index is 12.4. The van der Waals surface area contributed by atoms with E-state index in [0.29, 0.717) is 33.4 Å². The SMILES string of the molecule is CC[C@@H](C)c1ccc(C2=NNC(=Nc3ccc(SC(F)F)cc3)SC2)cc1. The van der Waals surface area contributed by atoms with Gasteiger partial charge in [0, 0.05) is 10.6 Å². The number of benzene rings is 2. The van der Waals surface area contributed by atoms with Gasteiger partial charge >= 0.3 is 0 Å². The molecule has 0 unspecified atom stereocenters. The van der Waals surface area contributed by atoms with Crippen LogP contribution in [0.1, 0.15) is 37.3 Å². The molecule has 1 heterocycles. The second-order valence-electron chi connectivity index (χ2n) is 6.18. The molecule has 3 nitrogen and oxygen atoms in total. The van der Waals surface area contributed by atoms with Gasteiger partial charge in [-0.15, -0.1) is 0 Å². The zero-order valence-corrected chi connectivity index (χ0v) is 16.8. The number of nitrogens with zero attached hydrogens (tertiary/aromatic N) is 2. The highest BCUT2D eigenvalue weighted by Gasteiger charge is 2.14. The van der Waals surface area contributed by atoms with Crippen LogP contribution in [0.3, 0.4) is 0 Å². The predicted molar refractivity (Wildman–Crippen MR) is 113 cm³/mol. The minimum Gasteiger partial charge on any atom is -0.255 e. The van der Waals surface area contributed by atoms with E-state index in [4.69, 9.17) is 0 Å². The van der Waals surface area contributed by atoms with E-state index in [0.717, 1.165) is 23.4 Å². The third-order valence-electron chi connectivity index (χ3n) is 4.35. The summed E-state index contributed by atoms with van der Waals surface area (Å²) in [6.07, 6.45) is 1.12. The first-order valence-electron chi connectivity index (χ1n) is 8.74. The van der Waals surface area contributed by atoms with Gasteiger partial charge in [0.05, 0.1) is 11.4 Å². The van der Waals surface area contributed by atoms with Crippen molar-refractivity contribution < 1.29 is 8.78 Å². The number of thioether (sulfide) groups is 2. The van der Waals surface area contributed by atoms with E-state index in [9.17, 15) is 8.78 Å². The van der Waals surface area contributed by atoms with Crippen molar-refractivity contribution in [2.24, 2.45) is 10.1 Å². The Morgan fingerprint density at radius 2 is 1.85 bits per heavy atom. The van der Waals surface area contributed by atoms with Crippen LogP contribution in [0, 0.1) is 0 Å². The molecule has 0 aliphatic carbocycles. The predicted octanol–water partition coefficient (Wildman–Crippen LogP) is 6.24. The number of nitrogens with one attached hydrogen (secondary N) is 1. The Kier molecular flexibility index (Phi) is 6.90. The average molecular weight is 406 g/mol. The topological polar surface area (TPSA) is 36.8 Å². The standard InChI is InChI=1S/C20H21F2N3S2/c1-3-13(2)14-4-6-15(7-5-14)18-12-26-20(25-24-18)23-16-8-10-17(11-9-16)27-19(21)22/h4-11,13,19H,3,12H2,1-2H3,(H,23,25)/t13-/m1/s1. The van der Waals surface area contributed by atoms with Crippen LogP contribution in [0.15, 0.2) is 63.5 Å². The van der Waals surface area contributed by atoms with E-state index in [-0.39, 0.29) is 0 Å². The number of hydrazone groups is 1. The van der Waals surface area contributed by atoms with E-state index in [1.807, 2.05) is 0 Å². The maximum absolute atomic E-state index is 12.4. The Labute approximate surface area is 166 Å². The van der Waals surface area contributed by atoms with Gasteiger partial charge in [0.25, 0.3) is 5.76 Å². The van der Waals surface area contributed by atoms with Gasteiger partial charge in [-0.2, -0.15) is 13.9 Å². The molecule has 0 fully saturated rings. The molecule has 0 radical (unpaired) electrons. The third kappa shape index (κ3) is 5.56. The van der Waals surface area contributed by atoms with Crippen molar-refractivity contribution in [1.82, 2.24) is 5.43 Å². The van der Waals surface area contributed by atoms with Crippen molar-refractivity contribution in [2.75, 3.05) is 5.75 Å². The summed E-state index contributed by atoms with van der Waals surface area (Å²) < 4.78 is 24.7. The van der Waals surface area contributed by atoms with Crippen LogP contribution in [0.25, 0.3) is 0 Å². The molecule has 2 aromatic rings. The van der Waals surface area contributed by atoms with Crippen molar-refractivity contribution >= 4 is 40.1 Å². The van der Waals surface area contributed by atoms with Crippen molar-refractivity contribution in [3.63, 3.8) is 0 Å². The largest absolute Gasteiger partial charge is 0.288 e. The normalized spacial score (nSPS) is 16.9. The van der Waals surface area contributed by atoms with Crippen LogP contribution in [0.4, 0.5) is 14.5 Å². The van der Waals surface area contributed by atoms with Crippen molar-refractivity contribution in [1.29, 1.82) is 0 Å². The number of rotatable bonds is 6. The molecule has 0 bridgehead atoms. The van der Waals surface area contributed by atoms with Crippen molar-refractivity contribution in [3.8, 4) is 0 Å². The zero-order valence-electron chi connectivity index (χ0n) is 15.2. The fraction of sp³-hybridized carbons (Fsp3) is 0.300. The lowest BCUT2D eigenvalue weighted by molar-refractivity contribution is 0.252. The second kappa shape index (κ2) is 9.37. The summed E-state index contributed by atoms with van der Waals surface area (Å²) >= 11 is 2.10. The number of aliphatic imine (C=N–C) groups is 1. The molecule has 1 atom stereocenters. The lowest BCUT2D eigenvalue weighted by Crippen LogP contribution is -2.25. The molecule has 0 aromatic heterocycles. The summed E-state index contributed by atoms with van der Waals surface area (Å²) in [7, 11) is 0. The molecule has 27 heavy (non-hydrogen) atoms. The molecule has 3 rings (SSSR count). The van der Waals surface area contributed by atoms with Gasteiger partial charge < -0.3 is 0 Å². The lowest BCUT2D eigenvalue weighted by atomic mass is 9.97. The zero-order chi connectivity index (χ0) is 19.2. The number of alkyl halides is 2. The summed E-state index contributed by atoms with van der Waals surface area (Å²) in [4.78, 5) is 5.01. The van der Waals surface area contributed by atoms with E-state index in [2.05, 4.69) is 53.6 Å². The van der Waals surface area contributed by atoms with Crippen LogP contribution in [0.2, 0.25) is 0 Å². The monoisotopic (exact) mass is 405 g/mol. The molecule has 0 saturated heterocycles. The number of halogens is 2. The highest BCUT2D eigenvalue weighted by Crippen LogP contribution is 2.27. The van der Waals surface area contributed by atoms with Gasteiger partial charge in [-0.05, 0) is 47.7 Å². The van der Waals surface area contributed by atoms with Gasteiger partial charge in [-0.25, -0.2) is 4.99 Å². The molecule has 0 saturated carbocycles. The molecule has 1 aliphatic rings. The van der Waals surface area contributed by atoms with E-state index in [1.165, 1.54) is 5.56 Å². The highest BCUT2D eigenvalue weighted by atomic mass is 32.2. The minimum absolute atomic E-state index is 0.527. The van der Waals surface area contributed by atoms with E-state index >= 15 is 0 Å². The van der Waals surface area contributed by atoms with Gasteiger partial charge in [-0.1, -0.05) is 61.6 Å². The first kappa shape index (κ1) is 19.9. The highest BCUT2D eigenvalue weighted by molar-refractivity contribution is 8.14. The number of hydrogen-bond donors (Lipinski definition) is 1. The number of hydrogen-bond acceptors (Lipinski definition) is 4. The maximum Gasteiger partial charge on any atom is 0.288 e.